The molecule has 0 radical (unpaired) electrons. The fourth-order valence-corrected chi connectivity index (χ4v) is 7.17. The number of esters is 1. The van der Waals surface area contributed by atoms with E-state index in [1.165, 1.54) is 19.2 Å². The van der Waals surface area contributed by atoms with E-state index < -0.39 is 29.7 Å². The van der Waals surface area contributed by atoms with Crippen LogP contribution in [0.3, 0.4) is 0 Å². The van der Waals surface area contributed by atoms with Crippen molar-refractivity contribution >= 4 is 53.3 Å². The van der Waals surface area contributed by atoms with E-state index in [4.69, 9.17) is 28.4 Å². The van der Waals surface area contributed by atoms with Crippen molar-refractivity contribution in [1.82, 2.24) is 25.2 Å². The molecule has 4 aromatic rings. The predicted octanol–water partition coefficient (Wildman–Crippen LogP) is 5.03. The van der Waals surface area contributed by atoms with Crippen LogP contribution < -0.4 is 34.3 Å². The Hall–Kier alpha value is -7.08. The molecule has 2 N–H and O–H groups in total. The number of ether oxygens (including phenoxy) is 6. The van der Waals surface area contributed by atoms with Crippen LogP contribution in [0.5, 0.6) is 28.7 Å². The van der Waals surface area contributed by atoms with Crippen LogP contribution in [0.2, 0.25) is 0 Å². The molecule has 2 aliphatic rings. The van der Waals surface area contributed by atoms with E-state index in [-0.39, 0.29) is 54.4 Å². The van der Waals surface area contributed by atoms with Crippen LogP contribution in [0.1, 0.15) is 88.9 Å². The van der Waals surface area contributed by atoms with E-state index in [0.29, 0.717) is 67.8 Å². The number of aryl methyl sites for hydroxylation is 1. The molecule has 5 amide bonds. The summed E-state index contributed by atoms with van der Waals surface area (Å²) in [5, 5.41) is 13.2. The zero-order valence-corrected chi connectivity index (χ0v) is 35.6. The highest BCUT2D eigenvalue weighted by atomic mass is 16.6. The first-order valence-corrected chi connectivity index (χ1v) is 20.5. The van der Waals surface area contributed by atoms with Gasteiger partial charge in [-0.15, -0.1) is 5.10 Å². The molecular formula is C45H50N6O12. The summed E-state index contributed by atoms with van der Waals surface area (Å²) in [5.74, 6) is -0.896. The number of hydrogen-bond acceptors (Lipinski definition) is 14. The maximum absolute atomic E-state index is 13.3. The van der Waals surface area contributed by atoms with Crippen molar-refractivity contribution in [2.45, 2.75) is 70.4 Å². The fourth-order valence-electron chi connectivity index (χ4n) is 7.17. The van der Waals surface area contributed by atoms with Crippen LogP contribution in [-0.4, -0.2) is 103 Å². The summed E-state index contributed by atoms with van der Waals surface area (Å²) in [6.07, 6.45) is 9.09. The third-order valence-corrected chi connectivity index (χ3v) is 10.4. The molecule has 332 valence electrons. The topological polar surface area (TPSA) is 216 Å². The first-order chi connectivity index (χ1) is 30.5. The molecule has 0 saturated carbocycles. The number of nitrogens with one attached hydrogen (secondary N) is 2. The molecule has 6 rings (SSSR count). The molecule has 18 nitrogen and oxygen atoms in total. The standard InChI is InChI=1S/C45H50N6O12/c1-58-34-18-16-28(14-15-29-25-36(59-2)42(61-4)37(26-29)60-3)24-35(34)63-40(54)13-6-5-7-22-62-23-20-30-27-50(49-48-30)21-9-12-38(52)46-32-11-8-10-31-41(32)45(57)51(44(31)56)33-17-19-39(53)47-43(33)55/h8,10-11,14-16,18,24-27,33H,5-7,9,12-13,17,19-23H2,1-4H3,(H,46,52)(H,47,53,55)/b15-14-. The van der Waals surface area contributed by atoms with Crippen molar-refractivity contribution < 1.29 is 57.2 Å². The van der Waals surface area contributed by atoms with Crippen molar-refractivity contribution in [1.29, 1.82) is 0 Å². The Morgan fingerprint density at radius 2 is 1.56 bits per heavy atom. The summed E-state index contributed by atoms with van der Waals surface area (Å²) < 4.78 is 34.8. The van der Waals surface area contributed by atoms with E-state index in [9.17, 15) is 28.8 Å². The van der Waals surface area contributed by atoms with Crippen LogP contribution in [0.25, 0.3) is 12.2 Å². The van der Waals surface area contributed by atoms with Crippen molar-refractivity contribution in [3.05, 3.63) is 82.7 Å². The van der Waals surface area contributed by atoms with Gasteiger partial charge in [-0.25, -0.2) is 0 Å². The predicted molar refractivity (Wildman–Crippen MR) is 228 cm³/mol. The first-order valence-electron chi connectivity index (χ1n) is 20.5. The summed E-state index contributed by atoms with van der Waals surface area (Å²) in [7, 11) is 6.18. The molecule has 63 heavy (non-hydrogen) atoms. The summed E-state index contributed by atoms with van der Waals surface area (Å²) in [6.45, 7) is 1.38. The van der Waals surface area contributed by atoms with Crippen LogP contribution >= 0.6 is 0 Å². The molecule has 3 heterocycles. The van der Waals surface area contributed by atoms with Crippen LogP contribution in [-0.2, 0) is 36.9 Å². The Labute approximate surface area is 363 Å². The number of piperidine rings is 1. The van der Waals surface area contributed by atoms with Gasteiger partial charge in [0.05, 0.1) is 57.6 Å². The minimum atomic E-state index is -1.10. The van der Waals surface area contributed by atoms with Crippen molar-refractivity contribution in [2.75, 3.05) is 47.0 Å². The number of nitrogens with zero attached hydrogens (tertiary/aromatic N) is 4. The van der Waals surface area contributed by atoms with Gasteiger partial charge in [-0.05, 0) is 73.2 Å². The Morgan fingerprint density at radius 3 is 2.29 bits per heavy atom. The van der Waals surface area contributed by atoms with E-state index >= 15 is 0 Å². The second-order valence-electron chi connectivity index (χ2n) is 14.6. The maximum Gasteiger partial charge on any atom is 0.311 e. The molecule has 1 saturated heterocycles. The number of fused-ring (bicyclic) bond motifs is 1. The molecule has 0 aliphatic carbocycles. The molecule has 1 atom stereocenters. The lowest BCUT2D eigenvalue weighted by Gasteiger charge is -2.27. The van der Waals surface area contributed by atoms with E-state index in [0.717, 1.165) is 34.6 Å². The van der Waals surface area contributed by atoms with Crippen LogP contribution in [0, 0.1) is 0 Å². The van der Waals surface area contributed by atoms with Gasteiger partial charge in [0.1, 0.15) is 6.04 Å². The van der Waals surface area contributed by atoms with E-state index in [1.54, 1.807) is 50.4 Å². The number of hydrogen-bond donors (Lipinski definition) is 2. The Kier molecular flexibility index (Phi) is 15.6. The largest absolute Gasteiger partial charge is 0.493 e. The smallest absolute Gasteiger partial charge is 0.311 e. The lowest BCUT2D eigenvalue weighted by molar-refractivity contribution is -0.136. The highest BCUT2D eigenvalue weighted by Crippen LogP contribution is 2.39. The molecular weight excluding hydrogens is 817 g/mol. The highest BCUT2D eigenvalue weighted by Gasteiger charge is 2.45. The van der Waals surface area contributed by atoms with Gasteiger partial charge < -0.3 is 33.7 Å². The molecule has 1 fully saturated rings. The fraction of sp³-hybridized carbons (Fsp3) is 0.378. The number of carbonyl (C=O) groups excluding carboxylic acids is 6. The van der Waals surface area contributed by atoms with Crippen molar-refractivity contribution in [2.24, 2.45) is 0 Å². The van der Waals surface area contributed by atoms with Gasteiger partial charge in [0.25, 0.3) is 11.8 Å². The van der Waals surface area contributed by atoms with Crippen molar-refractivity contribution in [3.8, 4) is 28.7 Å². The number of anilines is 1. The number of aromatic nitrogens is 3. The maximum atomic E-state index is 13.3. The van der Waals surface area contributed by atoms with Gasteiger partial charge in [0, 0.05) is 45.0 Å². The summed E-state index contributed by atoms with van der Waals surface area (Å²) in [6, 6.07) is 12.5. The Bertz CT molecular complexity index is 2350. The zero-order chi connectivity index (χ0) is 44.9. The summed E-state index contributed by atoms with van der Waals surface area (Å²) in [5.41, 5.74) is 2.63. The molecule has 0 spiro atoms. The quantitative estimate of drug-likeness (QED) is 0.0349. The average molecular weight is 867 g/mol. The number of carbonyl (C=O) groups is 6. The first kappa shape index (κ1) is 45.4. The number of rotatable bonds is 22. The average Bonchev–Trinajstić information content (AvgIpc) is 3.84. The second-order valence-corrected chi connectivity index (χ2v) is 14.6. The molecule has 0 bridgehead atoms. The number of benzene rings is 3. The molecule has 1 aromatic heterocycles. The zero-order valence-electron chi connectivity index (χ0n) is 35.6. The SMILES string of the molecule is COc1ccc(/C=C\c2cc(OC)c(OC)c(OC)c2)cc1OC(=O)CCCCCOCCc1cn(CCCC(=O)Nc2cccc3c2C(=O)N(C2CCC(=O)NC2=O)C3=O)nn1. The van der Waals surface area contributed by atoms with Gasteiger partial charge in [0.2, 0.25) is 23.5 Å². The van der Waals surface area contributed by atoms with Crippen LogP contribution in [0.15, 0.2) is 54.7 Å². The third-order valence-electron chi connectivity index (χ3n) is 10.4. The molecule has 18 heteroatoms. The summed E-state index contributed by atoms with van der Waals surface area (Å²) in [4.78, 5) is 76.8. The number of imide groups is 2. The minimum absolute atomic E-state index is 0.00907. The molecule has 3 aromatic carbocycles. The van der Waals surface area contributed by atoms with Gasteiger partial charge in [-0.2, -0.15) is 0 Å². The number of unbranched alkanes of at least 4 members (excludes halogenated alkanes) is 2. The third kappa shape index (κ3) is 11.4. The van der Waals surface area contributed by atoms with E-state index in [1.807, 2.05) is 30.4 Å². The van der Waals surface area contributed by atoms with Gasteiger partial charge in [-0.1, -0.05) is 35.9 Å². The minimum Gasteiger partial charge on any atom is -0.493 e. The van der Waals surface area contributed by atoms with Crippen molar-refractivity contribution in [3.63, 3.8) is 0 Å². The Morgan fingerprint density at radius 1 is 0.810 bits per heavy atom. The lowest BCUT2D eigenvalue weighted by Crippen LogP contribution is -2.54. The molecule has 1 unspecified atom stereocenters. The number of amides is 5. The van der Waals surface area contributed by atoms with Gasteiger partial charge >= 0.3 is 5.97 Å². The monoisotopic (exact) mass is 866 g/mol. The van der Waals surface area contributed by atoms with Crippen LogP contribution in [0.4, 0.5) is 5.69 Å². The van der Waals surface area contributed by atoms with Gasteiger partial charge in [0.15, 0.2) is 23.0 Å². The number of methoxy groups -OCH3 is 4. The Balaban J connectivity index is 0.857. The molecule has 2 aliphatic heterocycles. The normalized spacial score (nSPS) is 14.7. The van der Waals surface area contributed by atoms with E-state index in [2.05, 4.69) is 20.9 Å². The highest BCUT2D eigenvalue weighted by molar-refractivity contribution is 6.26. The summed E-state index contributed by atoms with van der Waals surface area (Å²) >= 11 is 0. The lowest BCUT2D eigenvalue weighted by atomic mass is 10.0. The van der Waals surface area contributed by atoms with Gasteiger partial charge in [-0.3, -0.25) is 43.7 Å². The second kappa shape index (κ2) is 21.6.